The predicted molar refractivity (Wildman–Crippen MR) is 58.9 cm³/mol. The molecule has 0 aliphatic heterocycles. The van der Waals surface area contributed by atoms with E-state index in [-0.39, 0.29) is 11.6 Å². The molecule has 2 rings (SSSR count). The minimum absolute atomic E-state index is 0.207. The van der Waals surface area contributed by atoms with E-state index in [0.717, 1.165) is 5.65 Å². The molecule has 0 atom stereocenters. The van der Waals surface area contributed by atoms with E-state index >= 15 is 0 Å². The molecule has 0 N–H and O–H groups in total. The lowest BCUT2D eigenvalue weighted by atomic mass is 9.88. The molecule has 16 heavy (non-hydrogen) atoms. The number of rotatable bonds is 0. The van der Waals surface area contributed by atoms with Gasteiger partial charge in [-0.3, -0.25) is 0 Å². The average molecular weight is 218 g/mol. The third-order valence-electron chi connectivity index (χ3n) is 2.25. The van der Waals surface area contributed by atoms with Gasteiger partial charge in [-0.25, -0.2) is 4.98 Å². The molecule has 0 fully saturated rings. The van der Waals surface area contributed by atoms with Crippen molar-refractivity contribution in [2.75, 3.05) is 0 Å². The number of imidazole rings is 1. The first-order chi connectivity index (χ1) is 7.49. The molecule has 4 heteroatoms. The number of nitrogens with zero attached hydrogens (tertiary/aromatic N) is 2. The first-order valence-corrected chi connectivity index (χ1v) is 4.91. The maximum Gasteiger partial charge on any atom is 0.373 e. The Kier molecular flexibility index (Phi) is 3.59. The molecule has 0 aliphatic rings. The van der Waals surface area contributed by atoms with E-state index in [4.69, 9.17) is 9.59 Å². The zero-order valence-corrected chi connectivity index (χ0v) is 9.60. The van der Waals surface area contributed by atoms with E-state index in [1.807, 2.05) is 12.4 Å². The fourth-order valence-electron chi connectivity index (χ4n) is 1.36. The van der Waals surface area contributed by atoms with E-state index in [0.29, 0.717) is 0 Å². The first kappa shape index (κ1) is 12.1. The standard InChI is InChI=1S/C11H14N2.CO2/c1-11(2,3)9-4-5-10-12-6-7-13(10)8-9;2-1-3/h4-8H,1-3H3;. The van der Waals surface area contributed by atoms with Crippen molar-refractivity contribution in [3.05, 3.63) is 36.3 Å². The molecule has 0 radical (unpaired) electrons. The van der Waals surface area contributed by atoms with Gasteiger partial charge in [-0.1, -0.05) is 26.8 Å². The molecule has 0 bridgehead atoms. The monoisotopic (exact) mass is 218 g/mol. The number of aromatic nitrogens is 2. The average Bonchev–Trinajstić information content (AvgIpc) is 2.63. The predicted octanol–water partition coefficient (Wildman–Crippen LogP) is 2.05. The minimum atomic E-state index is 0.207. The van der Waals surface area contributed by atoms with Crippen LogP contribution in [-0.2, 0) is 15.0 Å². The lowest BCUT2D eigenvalue weighted by molar-refractivity contribution is -0.191. The molecule has 0 amide bonds. The molecule has 2 heterocycles. The Morgan fingerprint density at radius 2 is 1.88 bits per heavy atom. The van der Waals surface area contributed by atoms with Gasteiger partial charge in [0.1, 0.15) is 5.65 Å². The summed E-state index contributed by atoms with van der Waals surface area (Å²) < 4.78 is 2.06. The van der Waals surface area contributed by atoms with E-state index in [9.17, 15) is 0 Å². The molecule has 2 aromatic rings. The largest absolute Gasteiger partial charge is 0.373 e. The summed E-state index contributed by atoms with van der Waals surface area (Å²) in [5.74, 6) is 0. The summed E-state index contributed by atoms with van der Waals surface area (Å²) in [5, 5.41) is 0. The summed E-state index contributed by atoms with van der Waals surface area (Å²) in [6.45, 7) is 6.64. The SMILES string of the molecule is CC(C)(C)c1ccc2nccn2c1.O=C=O. The Morgan fingerprint density at radius 3 is 2.44 bits per heavy atom. The highest BCUT2D eigenvalue weighted by molar-refractivity contribution is 5.40. The van der Waals surface area contributed by atoms with Crippen LogP contribution in [0, 0.1) is 0 Å². The Hall–Kier alpha value is -1.93. The molecule has 0 spiro atoms. The van der Waals surface area contributed by atoms with Gasteiger partial charge >= 0.3 is 6.15 Å². The third-order valence-corrected chi connectivity index (χ3v) is 2.25. The zero-order valence-electron chi connectivity index (χ0n) is 9.60. The van der Waals surface area contributed by atoms with Gasteiger partial charge in [0.05, 0.1) is 0 Å². The Labute approximate surface area is 93.9 Å². The molecule has 2 aromatic heterocycles. The van der Waals surface area contributed by atoms with Gasteiger partial charge in [0, 0.05) is 18.6 Å². The normalized spacial score (nSPS) is 10.4. The number of hydrogen-bond acceptors (Lipinski definition) is 3. The van der Waals surface area contributed by atoms with Crippen molar-refractivity contribution in [1.29, 1.82) is 0 Å². The fourth-order valence-corrected chi connectivity index (χ4v) is 1.36. The van der Waals surface area contributed by atoms with Gasteiger partial charge in [0.15, 0.2) is 0 Å². The van der Waals surface area contributed by atoms with E-state index in [1.54, 1.807) is 0 Å². The smallest absolute Gasteiger partial charge is 0.307 e. The number of carbonyl (C=O) groups excluding carboxylic acids is 2. The minimum Gasteiger partial charge on any atom is -0.307 e. The summed E-state index contributed by atoms with van der Waals surface area (Å²) in [6.07, 6.45) is 6.19. The van der Waals surface area contributed by atoms with Crippen molar-refractivity contribution < 1.29 is 9.59 Å². The maximum atomic E-state index is 8.12. The lowest BCUT2D eigenvalue weighted by Gasteiger charge is -2.18. The molecule has 4 nitrogen and oxygen atoms in total. The highest BCUT2D eigenvalue weighted by atomic mass is 16.2. The lowest BCUT2D eigenvalue weighted by Crippen LogP contribution is -2.11. The second kappa shape index (κ2) is 4.73. The number of hydrogen-bond donors (Lipinski definition) is 0. The van der Waals surface area contributed by atoms with Crippen molar-refractivity contribution in [3.8, 4) is 0 Å². The van der Waals surface area contributed by atoms with Crippen molar-refractivity contribution in [2.45, 2.75) is 26.2 Å². The fraction of sp³-hybridized carbons (Fsp3) is 0.333. The van der Waals surface area contributed by atoms with E-state index in [1.165, 1.54) is 5.56 Å². The molecular formula is C12H14N2O2. The van der Waals surface area contributed by atoms with Gasteiger partial charge in [0.2, 0.25) is 0 Å². The van der Waals surface area contributed by atoms with Crippen LogP contribution in [0.1, 0.15) is 26.3 Å². The Balaban J connectivity index is 0.000000386. The molecule has 0 unspecified atom stereocenters. The van der Waals surface area contributed by atoms with Crippen LogP contribution in [0.4, 0.5) is 0 Å². The van der Waals surface area contributed by atoms with Crippen LogP contribution in [0.2, 0.25) is 0 Å². The van der Waals surface area contributed by atoms with Crippen LogP contribution in [0.3, 0.4) is 0 Å². The van der Waals surface area contributed by atoms with Gasteiger partial charge in [-0.15, -0.1) is 0 Å². The van der Waals surface area contributed by atoms with Crippen LogP contribution < -0.4 is 0 Å². The van der Waals surface area contributed by atoms with Crippen LogP contribution >= 0.6 is 0 Å². The van der Waals surface area contributed by atoms with Crippen molar-refractivity contribution in [2.24, 2.45) is 0 Å². The first-order valence-electron chi connectivity index (χ1n) is 4.91. The van der Waals surface area contributed by atoms with Gasteiger partial charge < -0.3 is 4.40 Å². The molecule has 0 saturated carbocycles. The van der Waals surface area contributed by atoms with E-state index < -0.39 is 0 Å². The molecular weight excluding hydrogens is 204 g/mol. The zero-order chi connectivity index (χ0) is 12.2. The Morgan fingerprint density at radius 1 is 1.25 bits per heavy atom. The molecule has 0 aliphatic carbocycles. The Bertz CT molecular complexity index is 503. The molecule has 0 saturated heterocycles. The highest BCUT2D eigenvalue weighted by Gasteiger charge is 2.13. The number of pyridine rings is 1. The third kappa shape index (κ3) is 2.78. The van der Waals surface area contributed by atoms with Crippen molar-refractivity contribution >= 4 is 11.8 Å². The second-order valence-corrected chi connectivity index (χ2v) is 4.44. The van der Waals surface area contributed by atoms with Crippen LogP contribution in [0.5, 0.6) is 0 Å². The van der Waals surface area contributed by atoms with Crippen molar-refractivity contribution in [3.63, 3.8) is 0 Å². The summed E-state index contributed by atoms with van der Waals surface area (Å²) in [5.41, 5.74) is 2.55. The summed E-state index contributed by atoms with van der Waals surface area (Å²) in [4.78, 5) is 20.5. The summed E-state index contributed by atoms with van der Waals surface area (Å²) in [7, 11) is 0. The van der Waals surface area contributed by atoms with Gasteiger partial charge in [-0.2, -0.15) is 9.59 Å². The van der Waals surface area contributed by atoms with E-state index in [2.05, 4.69) is 48.5 Å². The highest BCUT2D eigenvalue weighted by Crippen LogP contribution is 2.21. The molecule has 0 aromatic carbocycles. The van der Waals surface area contributed by atoms with Crippen molar-refractivity contribution in [1.82, 2.24) is 9.38 Å². The van der Waals surface area contributed by atoms with Crippen LogP contribution in [0.25, 0.3) is 5.65 Å². The van der Waals surface area contributed by atoms with Gasteiger partial charge in [-0.05, 0) is 17.0 Å². The second-order valence-electron chi connectivity index (χ2n) is 4.44. The topological polar surface area (TPSA) is 51.4 Å². The number of fused-ring (bicyclic) bond motifs is 1. The van der Waals surface area contributed by atoms with Gasteiger partial charge in [0.25, 0.3) is 0 Å². The van der Waals surface area contributed by atoms with Crippen LogP contribution in [-0.4, -0.2) is 15.5 Å². The summed E-state index contributed by atoms with van der Waals surface area (Å²) in [6, 6.07) is 4.20. The molecule has 84 valence electrons. The van der Waals surface area contributed by atoms with Crippen LogP contribution in [0.15, 0.2) is 30.7 Å². The summed E-state index contributed by atoms with van der Waals surface area (Å²) >= 11 is 0. The quantitative estimate of drug-likeness (QED) is 0.680. The maximum absolute atomic E-state index is 8.12.